The average molecular weight is 409 g/mol. The topological polar surface area (TPSA) is 103 Å². The molecule has 0 aliphatic heterocycles. The summed E-state index contributed by atoms with van der Waals surface area (Å²) in [5.74, 6) is -0.410. The van der Waals surface area contributed by atoms with Crippen LogP contribution in [0.1, 0.15) is 31.5 Å². The van der Waals surface area contributed by atoms with Crippen molar-refractivity contribution >= 4 is 34.5 Å². The molecule has 1 aromatic carbocycles. The standard InChI is InChI=1S/C20H15N3O5S/c1-12-9-17-21-13(10-18(24)23(17)28-12)11-27-20(26)14-5-2-3-6-15(14)22-19(25)16-7-4-8-29-16/h2-10H,11H2,1H3,(H,22,25). The molecule has 0 radical (unpaired) electrons. The third kappa shape index (κ3) is 3.94. The summed E-state index contributed by atoms with van der Waals surface area (Å²) in [6.45, 7) is 1.51. The van der Waals surface area contributed by atoms with Gasteiger partial charge in [0, 0.05) is 12.1 Å². The molecule has 0 bridgehead atoms. The number of aryl methyl sites for hydroxylation is 1. The molecule has 9 heteroatoms. The number of rotatable bonds is 5. The quantitative estimate of drug-likeness (QED) is 0.508. The second-order valence-electron chi connectivity index (χ2n) is 6.14. The molecule has 0 spiro atoms. The fourth-order valence-corrected chi connectivity index (χ4v) is 3.35. The summed E-state index contributed by atoms with van der Waals surface area (Å²) >= 11 is 1.30. The van der Waals surface area contributed by atoms with Gasteiger partial charge in [-0.1, -0.05) is 18.2 Å². The predicted molar refractivity (Wildman–Crippen MR) is 106 cm³/mol. The first-order chi connectivity index (χ1) is 14.0. The van der Waals surface area contributed by atoms with E-state index >= 15 is 0 Å². The Kier molecular flexibility index (Phi) is 4.96. The van der Waals surface area contributed by atoms with Gasteiger partial charge >= 0.3 is 5.97 Å². The maximum atomic E-state index is 12.6. The van der Waals surface area contributed by atoms with Crippen LogP contribution in [-0.4, -0.2) is 21.4 Å². The van der Waals surface area contributed by atoms with Crippen LogP contribution < -0.4 is 10.9 Å². The molecule has 4 aromatic rings. The molecule has 0 aliphatic carbocycles. The third-order valence-electron chi connectivity index (χ3n) is 4.02. The number of benzene rings is 1. The van der Waals surface area contributed by atoms with Crippen LogP contribution in [0.3, 0.4) is 0 Å². The number of nitrogens with one attached hydrogen (secondary N) is 1. The minimum absolute atomic E-state index is 0.192. The van der Waals surface area contributed by atoms with Crippen molar-refractivity contribution in [1.82, 2.24) is 9.56 Å². The van der Waals surface area contributed by atoms with Gasteiger partial charge in [0.25, 0.3) is 11.5 Å². The molecule has 3 aromatic heterocycles. The highest BCUT2D eigenvalue weighted by molar-refractivity contribution is 7.12. The van der Waals surface area contributed by atoms with Crippen LogP contribution >= 0.6 is 11.3 Å². The minimum atomic E-state index is -0.641. The molecule has 0 saturated carbocycles. The summed E-state index contributed by atoms with van der Waals surface area (Å²) in [6, 6.07) is 12.9. The molecule has 0 aliphatic rings. The molecule has 1 amide bonds. The molecule has 3 heterocycles. The van der Waals surface area contributed by atoms with Gasteiger partial charge in [0.15, 0.2) is 5.65 Å². The number of para-hydroxylation sites is 1. The Hall–Kier alpha value is -3.72. The minimum Gasteiger partial charge on any atom is -0.456 e. The number of carbonyl (C=O) groups is 2. The van der Waals surface area contributed by atoms with Crippen LogP contribution in [0.4, 0.5) is 5.69 Å². The number of hydrogen-bond donors (Lipinski definition) is 1. The van der Waals surface area contributed by atoms with E-state index < -0.39 is 11.5 Å². The lowest BCUT2D eigenvalue weighted by atomic mass is 10.1. The van der Waals surface area contributed by atoms with Gasteiger partial charge in [-0.2, -0.15) is 0 Å². The molecule has 29 heavy (non-hydrogen) atoms. The Morgan fingerprint density at radius 1 is 1.21 bits per heavy atom. The molecule has 4 rings (SSSR count). The first-order valence-corrected chi connectivity index (χ1v) is 9.50. The van der Waals surface area contributed by atoms with Gasteiger partial charge in [-0.25, -0.2) is 9.78 Å². The van der Waals surface area contributed by atoms with Crippen molar-refractivity contribution in [2.45, 2.75) is 13.5 Å². The Balaban J connectivity index is 1.50. The number of hydrogen-bond acceptors (Lipinski definition) is 7. The highest BCUT2D eigenvalue weighted by atomic mass is 32.1. The van der Waals surface area contributed by atoms with E-state index in [9.17, 15) is 14.4 Å². The van der Waals surface area contributed by atoms with Gasteiger partial charge < -0.3 is 14.6 Å². The number of aromatic nitrogens is 2. The monoisotopic (exact) mass is 409 g/mol. The van der Waals surface area contributed by atoms with Crippen LogP contribution in [0.5, 0.6) is 0 Å². The van der Waals surface area contributed by atoms with E-state index in [1.54, 1.807) is 54.8 Å². The molecular formula is C20H15N3O5S. The van der Waals surface area contributed by atoms with Crippen molar-refractivity contribution in [3.05, 3.63) is 86.2 Å². The number of thiophene rings is 1. The lowest BCUT2D eigenvalue weighted by Crippen LogP contribution is -2.16. The Morgan fingerprint density at radius 3 is 2.83 bits per heavy atom. The van der Waals surface area contributed by atoms with Gasteiger partial charge in [-0.3, -0.25) is 9.59 Å². The highest BCUT2D eigenvalue weighted by Crippen LogP contribution is 2.19. The first kappa shape index (κ1) is 18.6. The smallest absolute Gasteiger partial charge is 0.340 e. The summed E-state index contributed by atoms with van der Waals surface area (Å²) in [6.07, 6.45) is 0. The number of fused-ring (bicyclic) bond motifs is 1. The van der Waals surface area contributed by atoms with E-state index in [0.717, 1.165) is 4.57 Å². The van der Waals surface area contributed by atoms with Crippen molar-refractivity contribution in [3.63, 3.8) is 0 Å². The van der Waals surface area contributed by atoms with Crippen molar-refractivity contribution in [2.24, 2.45) is 0 Å². The van der Waals surface area contributed by atoms with Crippen molar-refractivity contribution in [3.8, 4) is 0 Å². The number of esters is 1. The summed E-state index contributed by atoms with van der Waals surface area (Å²) in [5.41, 5.74) is 0.769. The van der Waals surface area contributed by atoms with Crippen LogP contribution in [0, 0.1) is 6.92 Å². The largest absolute Gasteiger partial charge is 0.456 e. The highest BCUT2D eigenvalue weighted by Gasteiger charge is 2.16. The van der Waals surface area contributed by atoms with Gasteiger partial charge in [0.05, 0.1) is 21.8 Å². The molecule has 0 unspecified atom stereocenters. The SMILES string of the molecule is Cc1cc2nc(COC(=O)c3ccccc3NC(=O)c3cccs3)cc(=O)n2o1. The number of nitrogens with zero attached hydrogens (tertiary/aromatic N) is 2. The summed E-state index contributed by atoms with van der Waals surface area (Å²) in [4.78, 5) is 41.7. The van der Waals surface area contributed by atoms with Gasteiger partial charge in [-0.05, 0) is 30.5 Å². The maximum Gasteiger partial charge on any atom is 0.340 e. The van der Waals surface area contributed by atoms with Gasteiger partial charge in [0.1, 0.15) is 12.4 Å². The van der Waals surface area contributed by atoms with Crippen LogP contribution in [0.2, 0.25) is 0 Å². The Labute approximate surface area is 168 Å². The summed E-state index contributed by atoms with van der Waals surface area (Å²) in [7, 11) is 0. The first-order valence-electron chi connectivity index (χ1n) is 8.62. The molecule has 146 valence electrons. The van der Waals surface area contributed by atoms with Crippen LogP contribution in [0.15, 0.2) is 63.2 Å². The molecule has 8 nitrogen and oxygen atoms in total. The normalized spacial score (nSPS) is 10.8. The lowest BCUT2D eigenvalue weighted by Gasteiger charge is -2.10. The zero-order chi connectivity index (χ0) is 20.4. The Morgan fingerprint density at radius 2 is 2.03 bits per heavy atom. The number of amides is 1. The fraction of sp³-hybridized carbons (Fsp3) is 0.100. The summed E-state index contributed by atoms with van der Waals surface area (Å²) < 4.78 is 11.6. The van der Waals surface area contributed by atoms with E-state index in [-0.39, 0.29) is 18.1 Å². The third-order valence-corrected chi connectivity index (χ3v) is 4.88. The second kappa shape index (κ2) is 7.72. The molecule has 0 saturated heterocycles. The zero-order valence-electron chi connectivity index (χ0n) is 15.2. The fourth-order valence-electron chi connectivity index (χ4n) is 2.73. The molecule has 0 fully saturated rings. The number of anilines is 1. The van der Waals surface area contributed by atoms with Crippen molar-refractivity contribution < 1.29 is 18.8 Å². The van der Waals surface area contributed by atoms with Crippen molar-refractivity contribution in [2.75, 3.05) is 5.32 Å². The van der Waals surface area contributed by atoms with E-state index in [0.29, 0.717) is 27.7 Å². The van der Waals surface area contributed by atoms with E-state index in [4.69, 9.17) is 9.26 Å². The molecule has 0 atom stereocenters. The zero-order valence-corrected chi connectivity index (χ0v) is 16.1. The average Bonchev–Trinajstić information content (AvgIpc) is 3.36. The lowest BCUT2D eigenvalue weighted by molar-refractivity contribution is 0.0469. The maximum absolute atomic E-state index is 12.6. The van der Waals surface area contributed by atoms with E-state index in [1.165, 1.54) is 17.4 Å². The van der Waals surface area contributed by atoms with Gasteiger partial charge in [0.2, 0.25) is 0 Å². The molecule has 1 N–H and O–H groups in total. The Bertz CT molecular complexity index is 1260. The van der Waals surface area contributed by atoms with Crippen LogP contribution in [-0.2, 0) is 11.3 Å². The van der Waals surface area contributed by atoms with Crippen molar-refractivity contribution in [1.29, 1.82) is 0 Å². The van der Waals surface area contributed by atoms with E-state index in [1.807, 2.05) is 0 Å². The predicted octanol–water partition coefficient (Wildman–Crippen LogP) is 3.27. The number of ether oxygens (including phenoxy) is 1. The number of carbonyl (C=O) groups excluding carboxylic acids is 2. The second-order valence-corrected chi connectivity index (χ2v) is 7.09. The van der Waals surface area contributed by atoms with Gasteiger partial charge in [-0.15, -0.1) is 15.9 Å². The van der Waals surface area contributed by atoms with E-state index in [2.05, 4.69) is 10.3 Å². The summed E-state index contributed by atoms with van der Waals surface area (Å²) in [5, 5.41) is 4.51. The molecular weight excluding hydrogens is 394 g/mol. The van der Waals surface area contributed by atoms with Crippen LogP contribution in [0.25, 0.3) is 5.65 Å².